The van der Waals surface area contributed by atoms with Crippen molar-refractivity contribution in [1.29, 1.82) is 0 Å². The molecular weight excluding hydrogens is 386 g/mol. The minimum atomic E-state index is -0.527. The van der Waals surface area contributed by atoms with E-state index in [1.54, 1.807) is 60.4 Å². The highest BCUT2D eigenvalue weighted by Crippen LogP contribution is 2.37. The minimum absolute atomic E-state index is 0.126. The number of aromatic nitrogens is 4. The molecule has 4 rings (SSSR count). The van der Waals surface area contributed by atoms with Crippen LogP contribution < -0.4 is 14.4 Å². The van der Waals surface area contributed by atoms with Gasteiger partial charge in [-0.15, -0.1) is 0 Å². The number of carbonyl (C=O) groups excluding carboxylic acids is 1. The van der Waals surface area contributed by atoms with Crippen LogP contribution in [0.4, 0.5) is 5.69 Å². The highest BCUT2D eigenvalue weighted by atomic mass is 16.5. The third kappa shape index (κ3) is 3.37. The third-order valence-electron chi connectivity index (χ3n) is 5.03. The lowest BCUT2D eigenvalue weighted by atomic mass is 10.1. The number of anilines is 1. The lowest BCUT2D eigenvalue weighted by molar-refractivity contribution is 0.0992. The zero-order valence-electron chi connectivity index (χ0n) is 17.2. The molecule has 1 amide bonds. The molecule has 3 aromatic rings. The van der Waals surface area contributed by atoms with E-state index in [4.69, 9.17) is 14.5 Å². The summed E-state index contributed by atoms with van der Waals surface area (Å²) in [5, 5.41) is 13.8. The summed E-state index contributed by atoms with van der Waals surface area (Å²) in [6, 6.07) is 5.13. The SMILES string of the molecule is COc1cc(-c2ccc3c(n2)C(C)N(c2cnn(C[C@H](C)O)c2)C3=O)cnc1OC. The second kappa shape index (κ2) is 7.75. The van der Waals surface area contributed by atoms with Crippen LogP contribution in [0.25, 0.3) is 11.3 Å². The average molecular weight is 409 g/mol. The monoisotopic (exact) mass is 409 g/mol. The Hall–Kier alpha value is -3.46. The fourth-order valence-electron chi connectivity index (χ4n) is 3.62. The van der Waals surface area contributed by atoms with E-state index in [0.29, 0.717) is 40.8 Å². The Morgan fingerprint density at radius 3 is 2.73 bits per heavy atom. The van der Waals surface area contributed by atoms with Gasteiger partial charge in [0.15, 0.2) is 5.75 Å². The van der Waals surface area contributed by atoms with Crippen molar-refractivity contribution in [3.05, 3.63) is 48.0 Å². The normalized spacial score (nSPS) is 16.5. The molecule has 30 heavy (non-hydrogen) atoms. The summed E-state index contributed by atoms with van der Waals surface area (Å²) in [7, 11) is 3.08. The fraction of sp³-hybridized carbons (Fsp3) is 0.333. The van der Waals surface area contributed by atoms with Gasteiger partial charge in [0.05, 0.1) is 61.7 Å². The first-order valence-corrected chi connectivity index (χ1v) is 9.56. The largest absolute Gasteiger partial charge is 0.491 e. The maximum atomic E-state index is 13.0. The summed E-state index contributed by atoms with van der Waals surface area (Å²) in [6.07, 6.45) is 4.52. The molecule has 9 heteroatoms. The van der Waals surface area contributed by atoms with Gasteiger partial charge in [-0.2, -0.15) is 5.10 Å². The number of aliphatic hydroxyl groups is 1. The van der Waals surface area contributed by atoms with Gasteiger partial charge in [-0.25, -0.2) is 9.97 Å². The number of amides is 1. The quantitative estimate of drug-likeness (QED) is 0.667. The van der Waals surface area contributed by atoms with E-state index in [-0.39, 0.29) is 11.9 Å². The van der Waals surface area contributed by atoms with Crippen molar-refractivity contribution < 1.29 is 19.4 Å². The number of hydrogen-bond acceptors (Lipinski definition) is 7. The van der Waals surface area contributed by atoms with Crippen molar-refractivity contribution in [1.82, 2.24) is 19.7 Å². The van der Waals surface area contributed by atoms with Gasteiger partial charge in [-0.3, -0.25) is 14.4 Å². The van der Waals surface area contributed by atoms with Gasteiger partial charge in [0, 0.05) is 18.0 Å². The van der Waals surface area contributed by atoms with Crippen molar-refractivity contribution >= 4 is 11.6 Å². The molecule has 1 aliphatic rings. The van der Waals surface area contributed by atoms with Crippen molar-refractivity contribution in [3.63, 3.8) is 0 Å². The molecule has 4 heterocycles. The van der Waals surface area contributed by atoms with Gasteiger partial charge in [0.2, 0.25) is 0 Å². The molecule has 0 aliphatic carbocycles. The van der Waals surface area contributed by atoms with E-state index in [1.807, 2.05) is 6.92 Å². The molecule has 0 fully saturated rings. The van der Waals surface area contributed by atoms with Crippen LogP contribution in [0.5, 0.6) is 11.6 Å². The van der Waals surface area contributed by atoms with Crippen LogP contribution in [-0.4, -0.2) is 51.1 Å². The molecule has 0 saturated heterocycles. The topological polar surface area (TPSA) is 103 Å². The van der Waals surface area contributed by atoms with Crippen LogP contribution >= 0.6 is 0 Å². The van der Waals surface area contributed by atoms with Crippen LogP contribution in [-0.2, 0) is 6.54 Å². The van der Waals surface area contributed by atoms with Crippen LogP contribution in [0.2, 0.25) is 0 Å². The second-order valence-corrected chi connectivity index (χ2v) is 7.19. The Labute approximate surface area is 173 Å². The van der Waals surface area contributed by atoms with Gasteiger partial charge in [-0.1, -0.05) is 0 Å². The van der Waals surface area contributed by atoms with Crippen molar-refractivity contribution in [2.45, 2.75) is 32.5 Å². The van der Waals surface area contributed by atoms with Gasteiger partial charge in [-0.05, 0) is 32.0 Å². The summed E-state index contributed by atoms with van der Waals surface area (Å²) < 4.78 is 12.1. The first-order chi connectivity index (χ1) is 14.4. The predicted molar refractivity (Wildman–Crippen MR) is 110 cm³/mol. The van der Waals surface area contributed by atoms with Crippen molar-refractivity contribution in [2.75, 3.05) is 19.1 Å². The van der Waals surface area contributed by atoms with Gasteiger partial charge in [0.25, 0.3) is 11.8 Å². The van der Waals surface area contributed by atoms with Gasteiger partial charge >= 0.3 is 0 Å². The third-order valence-corrected chi connectivity index (χ3v) is 5.03. The Morgan fingerprint density at radius 2 is 2.03 bits per heavy atom. The Morgan fingerprint density at radius 1 is 1.23 bits per heavy atom. The number of pyridine rings is 2. The molecule has 1 unspecified atom stereocenters. The lowest BCUT2D eigenvalue weighted by Gasteiger charge is -2.19. The zero-order chi connectivity index (χ0) is 21.4. The molecule has 1 N–H and O–H groups in total. The molecule has 9 nitrogen and oxygen atoms in total. The average Bonchev–Trinajstić information content (AvgIpc) is 3.28. The van der Waals surface area contributed by atoms with Crippen molar-refractivity contribution in [3.8, 4) is 22.9 Å². The Bertz CT molecular complexity index is 1090. The van der Waals surface area contributed by atoms with Gasteiger partial charge in [0.1, 0.15) is 0 Å². The van der Waals surface area contributed by atoms with E-state index in [9.17, 15) is 9.90 Å². The second-order valence-electron chi connectivity index (χ2n) is 7.19. The van der Waals surface area contributed by atoms with Crippen molar-refractivity contribution in [2.24, 2.45) is 0 Å². The van der Waals surface area contributed by atoms with Crippen LogP contribution in [0.15, 0.2) is 36.8 Å². The summed E-state index contributed by atoms with van der Waals surface area (Å²) in [5.74, 6) is 0.776. The Balaban J connectivity index is 1.67. The fourth-order valence-corrected chi connectivity index (χ4v) is 3.62. The van der Waals surface area contributed by atoms with Crippen LogP contribution in [0, 0.1) is 0 Å². The minimum Gasteiger partial charge on any atom is -0.491 e. The first-order valence-electron chi connectivity index (χ1n) is 9.56. The molecular formula is C21H23N5O4. The molecule has 0 bridgehead atoms. The number of fused-ring (bicyclic) bond motifs is 1. The standard InChI is InChI=1S/C21H23N5O4/c1-12(27)10-25-11-15(9-23-25)26-13(2)19-16(21(26)28)5-6-17(24-19)14-7-18(29-3)20(30-4)22-8-14/h5-9,11-13,27H,10H2,1-4H3/t12-,13?/m0/s1. The highest BCUT2D eigenvalue weighted by Gasteiger charge is 2.37. The molecule has 1 aliphatic heterocycles. The van der Waals surface area contributed by atoms with E-state index in [2.05, 4.69) is 10.1 Å². The summed E-state index contributed by atoms with van der Waals surface area (Å²) in [6.45, 7) is 3.98. The molecule has 3 aromatic heterocycles. The first kappa shape index (κ1) is 19.8. The van der Waals surface area contributed by atoms with E-state index in [1.165, 1.54) is 7.11 Å². The number of aliphatic hydroxyl groups excluding tert-OH is 1. The summed E-state index contributed by atoms with van der Waals surface area (Å²) in [4.78, 5) is 23.7. The summed E-state index contributed by atoms with van der Waals surface area (Å²) in [5.41, 5.74) is 3.37. The van der Waals surface area contributed by atoms with Crippen LogP contribution in [0.3, 0.4) is 0 Å². The smallest absolute Gasteiger partial charge is 0.260 e. The number of nitrogens with zero attached hydrogens (tertiary/aromatic N) is 5. The van der Waals surface area contributed by atoms with E-state index in [0.717, 1.165) is 5.56 Å². The molecule has 0 spiro atoms. The maximum Gasteiger partial charge on any atom is 0.260 e. The maximum absolute atomic E-state index is 13.0. The number of hydrogen-bond donors (Lipinski definition) is 1. The lowest BCUT2D eigenvalue weighted by Crippen LogP contribution is -2.25. The van der Waals surface area contributed by atoms with Crippen LogP contribution in [0.1, 0.15) is 35.9 Å². The molecule has 2 atom stereocenters. The number of carbonyl (C=O) groups is 1. The highest BCUT2D eigenvalue weighted by molar-refractivity contribution is 6.10. The van der Waals surface area contributed by atoms with E-state index >= 15 is 0 Å². The molecule has 156 valence electrons. The number of rotatable bonds is 6. The molecule has 0 aromatic carbocycles. The number of methoxy groups -OCH3 is 2. The summed E-state index contributed by atoms with van der Waals surface area (Å²) >= 11 is 0. The van der Waals surface area contributed by atoms with Gasteiger partial charge < -0.3 is 14.6 Å². The predicted octanol–water partition coefficient (Wildman–Crippen LogP) is 2.46. The number of ether oxygens (including phenoxy) is 2. The zero-order valence-corrected chi connectivity index (χ0v) is 17.2. The molecule has 0 radical (unpaired) electrons. The Kier molecular flexibility index (Phi) is 5.13. The van der Waals surface area contributed by atoms with E-state index < -0.39 is 6.10 Å². The molecule has 0 saturated carbocycles.